The highest BCUT2D eigenvalue weighted by Crippen LogP contribution is 2.25. The molecule has 0 aromatic heterocycles. The fraction of sp³-hybridized carbons (Fsp3) is 0.545. The van der Waals surface area contributed by atoms with E-state index in [2.05, 4.69) is 16.7 Å². The first-order valence-corrected chi connectivity index (χ1v) is 10.2. The number of nitrogens with zero attached hydrogens (tertiary/aromatic N) is 1. The largest absolute Gasteiger partial charge is 0.483 e. The summed E-state index contributed by atoms with van der Waals surface area (Å²) in [5, 5.41) is 6.27. The smallest absolute Gasteiger partial charge is 0.260 e. The quantitative estimate of drug-likeness (QED) is 0.738. The Labute approximate surface area is 167 Å². The number of carbonyl (C=O) groups is 2. The average molecular weight is 386 g/mol. The zero-order valence-electron chi connectivity index (χ0n) is 17.0. The van der Waals surface area contributed by atoms with Crippen molar-refractivity contribution in [3.05, 3.63) is 40.5 Å². The van der Waals surface area contributed by atoms with Gasteiger partial charge in [-0.05, 0) is 69.3 Å². The minimum absolute atomic E-state index is 0.0376. The number of piperidine rings is 1. The number of likely N-dealkylation sites (tertiary alicyclic amines) is 1. The van der Waals surface area contributed by atoms with Crippen LogP contribution in [-0.4, -0.2) is 56.0 Å². The molecule has 0 bridgehead atoms. The van der Waals surface area contributed by atoms with Crippen LogP contribution in [0.5, 0.6) is 5.75 Å². The van der Waals surface area contributed by atoms with E-state index in [0.29, 0.717) is 17.9 Å². The summed E-state index contributed by atoms with van der Waals surface area (Å²) in [4.78, 5) is 26.7. The van der Waals surface area contributed by atoms with Crippen LogP contribution in [0.25, 0.3) is 0 Å². The van der Waals surface area contributed by atoms with E-state index in [0.717, 1.165) is 56.6 Å². The minimum Gasteiger partial charge on any atom is -0.483 e. The van der Waals surface area contributed by atoms with Gasteiger partial charge in [0.1, 0.15) is 5.75 Å². The maximum atomic E-state index is 12.5. The fourth-order valence-electron chi connectivity index (χ4n) is 3.80. The molecule has 0 atom stereocenters. The fourth-order valence-corrected chi connectivity index (χ4v) is 3.80. The SMILES string of the molecule is Cc1cc(C(=O)NCC2=CCNCC2)cc(C)c1OCC(=O)N1CCCCC1. The van der Waals surface area contributed by atoms with E-state index in [1.54, 1.807) is 0 Å². The second kappa shape index (κ2) is 9.73. The Morgan fingerprint density at radius 1 is 1.14 bits per heavy atom. The second-order valence-electron chi connectivity index (χ2n) is 7.67. The Balaban J connectivity index is 1.57. The Morgan fingerprint density at radius 3 is 2.50 bits per heavy atom. The van der Waals surface area contributed by atoms with Gasteiger partial charge in [-0.15, -0.1) is 0 Å². The van der Waals surface area contributed by atoms with Crippen molar-refractivity contribution in [1.82, 2.24) is 15.5 Å². The molecular weight excluding hydrogens is 354 g/mol. The molecule has 152 valence electrons. The Hall–Kier alpha value is -2.34. The van der Waals surface area contributed by atoms with E-state index in [4.69, 9.17) is 4.74 Å². The number of hydrogen-bond acceptors (Lipinski definition) is 4. The first kappa shape index (κ1) is 20.4. The van der Waals surface area contributed by atoms with Gasteiger partial charge in [0, 0.05) is 31.7 Å². The highest BCUT2D eigenvalue weighted by Gasteiger charge is 2.18. The predicted molar refractivity (Wildman–Crippen MR) is 110 cm³/mol. The van der Waals surface area contributed by atoms with Crippen molar-refractivity contribution in [2.45, 2.75) is 39.5 Å². The molecule has 0 aliphatic carbocycles. The van der Waals surface area contributed by atoms with Crippen molar-refractivity contribution >= 4 is 11.8 Å². The van der Waals surface area contributed by atoms with E-state index in [-0.39, 0.29) is 18.4 Å². The first-order chi connectivity index (χ1) is 13.5. The van der Waals surface area contributed by atoms with Gasteiger partial charge in [0.05, 0.1) is 0 Å². The van der Waals surface area contributed by atoms with Crippen molar-refractivity contribution in [2.24, 2.45) is 0 Å². The third-order valence-corrected chi connectivity index (χ3v) is 5.41. The molecule has 1 saturated heterocycles. The van der Waals surface area contributed by atoms with Gasteiger partial charge in [-0.3, -0.25) is 9.59 Å². The minimum atomic E-state index is -0.0819. The van der Waals surface area contributed by atoms with E-state index < -0.39 is 0 Å². The number of nitrogens with one attached hydrogen (secondary N) is 2. The summed E-state index contributed by atoms with van der Waals surface area (Å²) in [6.07, 6.45) is 6.44. The summed E-state index contributed by atoms with van der Waals surface area (Å²) in [5.74, 6) is 0.653. The van der Waals surface area contributed by atoms with Crippen LogP contribution in [0.15, 0.2) is 23.8 Å². The van der Waals surface area contributed by atoms with Crippen molar-refractivity contribution in [2.75, 3.05) is 39.3 Å². The molecule has 0 saturated carbocycles. The van der Waals surface area contributed by atoms with Gasteiger partial charge in [0.15, 0.2) is 6.61 Å². The maximum absolute atomic E-state index is 12.5. The van der Waals surface area contributed by atoms with Gasteiger partial charge in [0.2, 0.25) is 0 Å². The topological polar surface area (TPSA) is 70.7 Å². The summed E-state index contributed by atoms with van der Waals surface area (Å²) in [6, 6.07) is 3.67. The molecule has 0 spiro atoms. The number of amides is 2. The van der Waals surface area contributed by atoms with Gasteiger partial charge in [-0.2, -0.15) is 0 Å². The van der Waals surface area contributed by atoms with E-state index in [9.17, 15) is 9.59 Å². The van der Waals surface area contributed by atoms with Gasteiger partial charge in [-0.1, -0.05) is 11.6 Å². The van der Waals surface area contributed by atoms with Crippen LogP contribution in [0.2, 0.25) is 0 Å². The van der Waals surface area contributed by atoms with Crippen molar-refractivity contribution in [3.63, 3.8) is 0 Å². The molecule has 1 aromatic rings. The number of aryl methyl sites for hydroxylation is 2. The van der Waals surface area contributed by atoms with Crippen LogP contribution in [0, 0.1) is 13.8 Å². The van der Waals surface area contributed by atoms with Crippen LogP contribution >= 0.6 is 0 Å². The van der Waals surface area contributed by atoms with Crippen LogP contribution in [0.4, 0.5) is 0 Å². The van der Waals surface area contributed by atoms with Gasteiger partial charge in [-0.25, -0.2) is 0 Å². The number of benzene rings is 1. The lowest BCUT2D eigenvalue weighted by molar-refractivity contribution is -0.134. The third-order valence-electron chi connectivity index (χ3n) is 5.41. The average Bonchev–Trinajstić information content (AvgIpc) is 2.72. The molecule has 6 heteroatoms. The number of hydrogen-bond donors (Lipinski definition) is 2. The van der Waals surface area contributed by atoms with Crippen LogP contribution < -0.4 is 15.4 Å². The molecule has 2 N–H and O–H groups in total. The van der Waals surface area contributed by atoms with Gasteiger partial charge >= 0.3 is 0 Å². The molecule has 28 heavy (non-hydrogen) atoms. The lowest BCUT2D eigenvalue weighted by Crippen LogP contribution is -2.38. The molecule has 1 fully saturated rings. The van der Waals surface area contributed by atoms with E-state index >= 15 is 0 Å². The maximum Gasteiger partial charge on any atom is 0.260 e. The zero-order chi connectivity index (χ0) is 19.9. The standard InChI is InChI=1S/C22H31N3O3/c1-16-12-19(22(27)24-14-18-6-8-23-9-7-18)13-17(2)21(16)28-15-20(26)25-10-4-3-5-11-25/h6,12-13,23H,3-5,7-11,14-15H2,1-2H3,(H,24,27). The summed E-state index contributed by atoms with van der Waals surface area (Å²) in [7, 11) is 0. The molecule has 2 heterocycles. The van der Waals surface area contributed by atoms with Crippen molar-refractivity contribution in [3.8, 4) is 5.75 Å². The normalized spacial score (nSPS) is 17.1. The van der Waals surface area contributed by atoms with Crippen LogP contribution in [0.1, 0.15) is 47.2 Å². The highest BCUT2D eigenvalue weighted by molar-refractivity contribution is 5.95. The summed E-state index contributed by atoms with van der Waals surface area (Å²) < 4.78 is 5.83. The monoisotopic (exact) mass is 385 g/mol. The predicted octanol–water partition coefficient (Wildman–Crippen LogP) is 2.34. The van der Waals surface area contributed by atoms with E-state index in [1.165, 1.54) is 12.0 Å². The molecule has 2 aliphatic heterocycles. The molecule has 1 aromatic carbocycles. The van der Waals surface area contributed by atoms with Gasteiger partial charge in [0.25, 0.3) is 11.8 Å². The summed E-state index contributed by atoms with van der Waals surface area (Å²) in [6.45, 7) is 7.95. The Morgan fingerprint density at radius 2 is 1.86 bits per heavy atom. The lowest BCUT2D eigenvalue weighted by atomic mass is 10.0. The Kier molecular flexibility index (Phi) is 7.09. The molecular formula is C22H31N3O3. The summed E-state index contributed by atoms with van der Waals surface area (Å²) >= 11 is 0. The number of carbonyl (C=O) groups excluding carboxylic acids is 2. The molecule has 0 radical (unpaired) electrons. The van der Waals surface area contributed by atoms with Crippen LogP contribution in [-0.2, 0) is 4.79 Å². The summed E-state index contributed by atoms with van der Waals surface area (Å²) in [5.41, 5.74) is 3.63. The highest BCUT2D eigenvalue weighted by atomic mass is 16.5. The molecule has 2 aliphatic rings. The first-order valence-electron chi connectivity index (χ1n) is 10.2. The molecule has 0 unspecified atom stereocenters. The van der Waals surface area contributed by atoms with Crippen LogP contribution in [0.3, 0.4) is 0 Å². The Bertz CT molecular complexity index is 728. The lowest BCUT2D eigenvalue weighted by Gasteiger charge is -2.26. The molecule has 2 amide bonds. The van der Waals surface area contributed by atoms with Crippen molar-refractivity contribution < 1.29 is 14.3 Å². The number of ether oxygens (including phenoxy) is 1. The second-order valence-corrected chi connectivity index (χ2v) is 7.67. The van der Waals surface area contributed by atoms with Crippen molar-refractivity contribution in [1.29, 1.82) is 0 Å². The van der Waals surface area contributed by atoms with E-state index in [1.807, 2.05) is 30.9 Å². The van der Waals surface area contributed by atoms with Gasteiger partial charge < -0.3 is 20.3 Å². The zero-order valence-corrected chi connectivity index (χ0v) is 17.0. The molecule has 3 rings (SSSR count). The third kappa shape index (κ3) is 5.35. The number of rotatable bonds is 6. The molecule has 6 nitrogen and oxygen atoms in total.